The summed E-state index contributed by atoms with van der Waals surface area (Å²) in [6.45, 7) is 3.45. The maximum Gasteiger partial charge on any atom is 0.246 e. The van der Waals surface area contributed by atoms with Gasteiger partial charge in [0.2, 0.25) is 15.9 Å². The molecule has 26 heavy (non-hydrogen) atoms. The van der Waals surface area contributed by atoms with Crippen LogP contribution < -0.4 is 0 Å². The van der Waals surface area contributed by atoms with E-state index in [0.717, 1.165) is 12.1 Å². The number of carbonyl (C=O) groups excluding carboxylic acids is 1. The molecule has 0 bridgehead atoms. The molecule has 2 fully saturated rings. The van der Waals surface area contributed by atoms with Crippen molar-refractivity contribution in [1.29, 1.82) is 0 Å². The van der Waals surface area contributed by atoms with Gasteiger partial charge in [0.15, 0.2) is 0 Å². The lowest BCUT2D eigenvalue weighted by atomic mass is 10.3. The second kappa shape index (κ2) is 7.95. The van der Waals surface area contributed by atoms with E-state index in [9.17, 15) is 22.0 Å². The summed E-state index contributed by atoms with van der Waals surface area (Å²) in [6.07, 6.45) is 0. The van der Waals surface area contributed by atoms with E-state index in [0.29, 0.717) is 45.5 Å². The zero-order valence-corrected chi connectivity index (χ0v) is 15.1. The first-order valence-electron chi connectivity index (χ1n) is 8.41. The number of morpholine rings is 1. The van der Waals surface area contributed by atoms with Crippen molar-refractivity contribution in [3.63, 3.8) is 0 Å². The number of amides is 1. The van der Waals surface area contributed by atoms with Gasteiger partial charge in [0.1, 0.15) is 16.5 Å². The number of sulfonamides is 1. The van der Waals surface area contributed by atoms with E-state index in [1.54, 1.807) is 4.90 Å². The molecule has 0 N–H and O–H groups in total. The van der Waals surface area contributed by atoms with Gasteiger partial charge in [-0.15, -0.1) is 0 Å². The molecule has 10 heteroatoms. The summed E-state index contributed by atoms with van der Waals surface area (Å²) < 4.78 is 58.3. The van der Waals surface area contributed by atoms with E-state index >= 15 is 0 Å². The van der Waals surface area contributed by atoms with Crippen molar-refractivity contribution in [2.75, 3.05) is 59.0 Å². The van der Waals surface area contributed by atoms with Crippen molar-refractivity contribution in [3.8, 4) is 0 Å². The van der Waals surface area contributed by atoms with Crippen LogP contribution in [0, 0.1) is 11.6 Å². The van der Waals surface area contributed by atoms with Gasteiger partial charge in [-0.05, 0) is 12.1 Å². The highest BCUT2D eigenvalue weighted by atomic mass is 32.2. The van der Waals surface area contributed by atoms with Gasteiger partial charge >= 0.3 is 0 Å². The highest BCUT2D eigenvalue weighted by molar-refractivity contribution is 7.89. The molecule has 7 nitrogen and oxygen atoms in total. The van der Waals surface area contributed by atoms with Gasteiger partial charge in [0, 0.05) is 45.3 Å². The molecule has 1 amide bonds. The largest absolute Gasteiger partial charge is 0.378 e. The fourth-order valence-corrected chi connectivity index (χ4v) is 4.52. The molecule has 144 valence electrons. The Balaban J connectivity index is 1.58. The monoisotopic (exact) mass is 389 g/mol. The van der Waals surface area contributed by atoms with E-state index in [-0.39, 0.29) is 25.5 Å². The summed E-state index contributed by atoms with van der Waals surface area (Å²) in [5, 5.41) is 0. The van der Waals surface area contributed by atoms with Crippen LogP contribution in [0.5, 0.6) is 0 Å². The SMILES string of the molecule is O=C(CN1CCN(S(=O)(=O)c2ccc(F)cc2F)CC1)N1CCOCC1. The molecule has 0 aliphatic carbocycles. The van der Waals surface area contributed by atoms with Gasteiger partial charge in [-0.1, -0.05) is 0 Å². The molecular formula is C16H21F2N3O4S. The Morgan fingerprint density at radius 2 is 1.69 bits per heavy atom. The zero-order chi connectivity index (χ0) is 18.7. The number of nitrogens with zero attached hydrogens (tertiary/aromatic N) is 3. The Labute approximate surface area is 151 Å². The molecule has 1 aromatic rings. The smallest absolute Gasteiger partial charge is 0.246 e. The van der Waals surface area contributed by atoms with E-state index < -0.39 is 26.6 Å². The third-order valence-electron chi connectivity index (χ3n) is 4.57. The Bertz CT molecular complexity index is 761. The number of benzene rings is 1. The topological polar surface area (TPSA) is 70.2 Å². The van der Waals surface area contributed by atoms with Crippen LogP contribution in [0.25, 0.3) is 0 Å². The van der Waals surface area contributed by atoms with E-state index in [2.05, 4.69) is 0 Å². The number of hydrogen-bond acceptors (Lipinski definition) is 5. The van der Waals surface area contributed by atoms with Gasteiger partial charge in [0.05, 0.1) is 19.8 Å². The number of ether oxygens (including phenoxy) is 1. The van der Waals surface area contributed by atoms with E-state index in [1.807, 2.05) is 4.90 Å². The lowest BCUT2D eigenvalue weighted by molar-refractivity contribution is -0.136. The lowest BCUT2D eigenvalue weighted by Gasteiger charge is -2.35. The molecule has 3 rings (SSSR count). The average Bonchev–Trinajstić information content (AvgIpc) is 2.62. The molecule has 0 aromatic heterocycles. The molecule has 2 saturated heterocycles. The summed E-state index contributed by atoms with van der Waals surface area (Å²) in [7, 11) is -4.03. The Morgan fingerprint density at radius 1 is 1.04 bits per heavy atom. The quantitative estimate of drug-likeness (QED) is 0.732. The van der Waals surface area contributed by atoms with Crippen LogP contribution in [-0.2, 0) is 19.6 Å². The van der Waals surface area contributed by atoms with Gasteiger partial charge in [0.25, 0.3) is 0 Å². The summed E-state index contributed by atoms with van der Waals surface area (Å²) in [5.74, 6) is -1.93. The van der Waals surface area contributed by atoms with Crippen molar-refractivity contribution < 1.29 is 26.7 Å². The van der Waals surface area contributed by atoms with Crippen molar-refractivity contribution in [2.45, 2.75) is 4.90 Å². The van der Waals surface area contributed by atoms with Crippen LogP contribution in [0.15, 0.2) is 23.1 Å². The van der Waals surface area contributed by atoms with Crippen molar-refractivity contribution in [1.82, 2.24) is 14.1 Å². The summed E-state index contributed by atoms with van der Waals surface area (Å²) in [5.41, 5.74) is 0. The first-order valence-corrected chi connectivity index (χ1v) is 9.85. The fourth-order valence-electron chi connectivity index (χ4n) is 3.06. The average molecular weight is 389 g/mol. The van der Waals surface area contributed by atoms with Crippen molar-refractivity contribution >= 4 is 15.9 Å². The summed E-state index contributed by atoms with van der Waals surface area (Å²) in [4.78, 5) is 15.3. The molecule has 0 radical (unpaired) electrons. The molecule has 1 aromatic carbocycles. The van der Waals surface area contributed by atoms with Crippen LogP contribution in [0.3, 0.4) is 0 Å². The molecular weight excluding hydrogens is 368 g/mol. The lowest BCUT2D eigenvalue weighted by Crippen LogP contribution is -2.52. The number of hydrogen-bond donors (Lipinski definition) is 0. The molecule has 0 spiro atoms. The van der Waals surface area contributed by atoms with Crippen LogP contribution in [0.2, 0.25) is 0 Å². The predicted octanol–water partition coefficient (Wildman–Crippen LogP) is 0.130. The van der Waals surface area contributed by atoms with Gasteiger partial charge in [-0.3, -0.25) is 9.69 Å². The van der Waals surface area contributed by atoms with Crippen molar-refractivity contribution in [3.05, 3.63) is 29.8 Å². The zero-order valence-electron chi connectivity index (χ0n) is 14.2. The van der Waals surface area contributed by atoms with Crippen LogP contribution in [0.1, 0.15) is 0 Å². The highest BCUT2D eigenvalue weighted by Crippen LogP contribution is 2.21. The molecule has 0 unspecified atom stereocenters. The standard InChI is InChI=1S/C16H21F2N3O4S/c17-13-1-2-15(14(18)11-13)26(23,24)21-5-3-19(4-6-21)12-16(22)20-7-9-25-10-8-20/h1-2,11H,3-10,12H2. The third-order valence-corrected chi connectivity index (χ3v) is 6.50. The van der Waals surface area contributed by atoms with E-state index in [1.165, 1.54) is 4.31 Å². The second-order valence-electron chi connectivity index (χ2n) is 6.25. The van der Waals surface area contributed by atoms with Crippen LogP contribution >= 0.6 is 0 Å². The van der Waals surface area contributed by atoms with Gasteiger partial charge in [-0.25, -0.2) is 17.2 Å². The first kappa shape index (κ1) is 19.2. The summed E-state index contributed by atoms with van der Waals surface area (Å²) in [6, 6.07) is 2.42. The number of rotatable bonds is 4. The van der Waals surface area contributed by atoms with Crippen LogP contribution in [-0.4, -0.2) is 87.5 Å². The minimum atomic E-state index is -4.03. The molecule has 2 aliphatic heterocycles. The van der Waals surface area contributed by atoms with Gasteiger partial charge < -0.3 is 9.64 Å². The molecule has 2 heterocycles. The fraction of sp³-hybridized carbons (Fsp3) is 0.562. The number of carbonyl (C=O) groups is 1. The van der Waals surface area contributed by atoms with Crippen LogP contribution in [0.4, 0.5) is 8.78 Å². The van der Waals surface area contributed by atoms with Gasteiger partial charge in [-0.2, -0.15) is 4.31 Å². The first-order chi connectivity index (χ1) is 12.4. The highest BCUT2D eigenvalue weighted by Gasteiger charge is 2.31. The minimum absolute atomic E-state index is 0.00538. The molecule has 0 saturated carbocycles. The minimum Gasteiger partial charge on any atom is -0.378 e. The second-order valence-corrected chi connectivity index (χ2v) is 8.15. The number of halogens is 2. The number of piperazine rings is 1. The van der Waals surface area contributed by atoms with E-state index in [4.69, 9.17) is 4.74 Å². The third kappa shape index (κ3) is 4.20. The Morgan fingerprint density at radius 3 is 2.31 bits per heavy atom. The Kier molecular flexibility index (Phi) is 5.86. The maximum atomic E-state index is 13.8. The molecule has 0 atom stereocenters. The van der Waals surface area contributed by atoms with Crippen molar-refractivity contribution in [2.24, 2.45) is 0 Å². The maximum absolute atomic E-state index is 13.8. The summed E-state index contributed by atoms with van der Waals surface area (Å²) >= 11 is 0. The normalized spacial score (nSPS) is 20.3. The predicted molar refractivity (Wildman–Crippen MR) is 89.0 cm³/mol. The Hall–Kier alpha value is -1.62. The molecule has 2 aliphatic rings.